The van der Waals surface area contributed by atoms with Gasteiger partial charge in [0.2, 0.25) is 0 Å². The number of benzene rings is 1. The molecule has 1 amide bonds. The van der Waals surface area contributed by atoms with Crippen molar-refractivity contribution < 1.29 is 19.1 Å². The topological polar surface area (TPSA) is 59.1 Å². The van der Waals surface area contributed by atoms with Crippen molar-refractivity contribution in [2.24, 2.45) is 0 Å². The van der Waals surface area contributed by atoms with Gasteiger partial charge in [0.25, 0.3) is 5.91 Å². The number of esters is 1. The van der Waals surface area contributed by atoms with E-state index in [1.54, 1.807) is 12.0 Å². The quantitative estimate of drug-likeness (QED) is 0.597. The summed E-state index contributed by atoms with van der Waals surface area (Å²) in [5, 5.41) is 0. The fourth-order valence-electron chi connectivity index (χ4n) is 3.60. The predicted octanol–water partition coefficient (Wildman–Crippen LogP) is 3.78. The predicted molar refractivity (Wildman–Crippen MR) is 120 cm³/mol. The maximum absolute atomic E-state index is 12.5. The number of carbonyl (C=O) groups is 2. The summed E-state index contributed by atoms with van der Waals surface area (Å²) >= 11 is 1.49. The van der Waals surface area contributed by atoms with Gasteiger partial charge in [0.05, 0.1) is 7.11 Å². The highest BCUT2D eigenvalue weighted by Gasteiger charge is 2.23. The van der Waals surface area contributed by atoms with Crippen LogP contribution < -0.4 is 9.64 Å². The van der Waals surface area contributed by atoms with Crippen molar-refractivity contribution in [2.45, 2.75) is 33.1 Å². The lowest BCUT2D eigenvalue weighted by Crippen LogP contribution is -2.49. The largest absolute Gasteiger partial charge is 0.497 e. The minimum Gasteiger partial charge on any atom is -0.497 e. The first kappa shape index (κ1) is 22.2. The summed E-state index contributed by atoms with van der Waals surface area (Å²) in [6.07, 6.45) is 2.91. The number of hydrogen-bond donors (Lipinski definition) is 0. The van der Waals surface area contributed by atoms with Crippen LogP contribution in [0.5, 0.6) is 5.75 Å². The highest BCUT2D eigenvalue weighted by atomic mass is 32.1. The highest BCUT2D eigenvalue weighted by molar-refractivity contribution is 7.14. The van der Waals surface area contributed by atoms with Crippen molar-refractivity contribution in [1.82, 2.24) is 4.90 Å². The van der Waals surface area contributed by atoms with Gasteiger partial charge >= 0.3 is 5.97 Å². The van der Waals surface area contributed by atoms with E-state index < -0.39 is 5.97 Å². The zero-order valence-corrected chi connectivity index (χ0v) is 18.8. The zero-order valence-electron chi connectivity index (χ0n) is 18.0. The van der Waals surface area contributed by atoms with E-state index in [2.05, 4.69) is 18.7 Å². The van der Waals surface area contributed by atoms with Gasteiger partial charge in [0.1, 0.15) is 10.6 Å². The number of piperazine rings is 1. The third kappa shape index (κ3) is 5.33. The smallest absolute Gasteiger partial charge is 0.348 e. The van der Waals surface area contributed by atoms with Crippen molar-refractivity contribution in [3.8, 4) is 5.75 Å². The summed E-state index contributed by atoms with van der Waals surface area (Å²) in [7, 11) is 1.65. The van der Waals surface area contributed by atoms with Gasteiger partial charge in [-0.1, -0.05) is 20.3 Å². The van der Waals surface area contributed by atoms with Crippen LogP contribution in [0.2, 0.25) is 0 Å². The second-order valence-corrected chi connectivity index (χ2v) is 8.44. The molecule has 0 spiro atoms. The first-order valence-corrected chi connectivity index (χ1v) is 11.3. The fourth-order valence-corrected chi connectivity index (χ4v) is 4.85. The Labute approximate surface area is 182 Å². The molecule has 162 valence electrons. The van der Waals surface area contributed by atoms with E-state index in [-0.39, 0.29) is 12.5 Å². The number of anilines is 1. The van der Waals surface area contributed by atoms with Crippen LogP contribution in [0.4, 0.5) is 5.69 Å². The Kier molecular flexibility index (Phi) is 7.74. The Bertz CT molecular complexity index is 855. The SMILES string of the molecule is CCCc1sc(C(=O)OCC(=O)N2CCN(c3ccc(OC)cc3)CC2)cc1CC. The number of hydrogen-bond acceptors (Lipinski definition) is 6. The first-order valence-electron chi connectivity index (χ1n) is 10.5. The maximum Gasteiger partial charge on any atom is 0.348 e. The summed E-state index contributed by atoms with van der Waals surface area (Å²) < 4.78 is 10.5. The molecule has 2 heterocycles. The number of nitrogens with zero attached hydrogens (tertiary/aromatic N) is 2. The lowest BCUT2D eigenvalue weighted by molar-refractivity contribution is -0.134. The summed E-state index contributed by atoms with van der Waals surface area (Å²) in [6.45, 7) is 6.73. The Morgan fingerprint density at radius 3 is 2.37 bits per heavy atom. The molecule has 0 saturated carbocycles. The van der Waals surface area contributed by atoms with Gasteiger partial charge in [-0.15, -0.1) is 11.3 Å². The van der Waals surface area contributed by atoms with Crippen LogP contribution in [0.15, 0.2) is 30.3 Å². The second kappa shape index (κ2) is 10.5. The molecule has 6 nitrogen and oxygen atoms in total. The molecule has 0 radical (unpaired) electrons. The average Bonchev–Trinajstić information content (AvgIpc) is 3.21. The number of methoxy groups -OCH3 is 1. The van der Waals surface area contributed by atoms with E-state index in [0.717, 1.165) is 43.8 Å². The third-order valence-corrected chi connectivity index (χ3v) is 6.57. The van der Waals surface area contributed by atoms with Crippen LogP contribution in [0, 0.1) is 0 Å². The molecule has 0 atom stereocenters. The van der Waals surface area contributed by atoms with Gasteiger partial charge in [0.15, 0.2) is 6.61 Å². The molecular formula is C23H30N2O4S. The standard InChI is InChI=1S/C23H30N2O4S/c1-4-6-20-17(5-2)15-21(30-20)23(27)29-16-22(26)25-13-11-24(12-14-25)18-7-9-19(28-3)10-8-18/h7-10,15H,4-6,11-14,16H2,1-3H3. The van der Waals surface area contributed by atoms with Gasteiger partial charge in [-0.2, -0.15) is 0 Å². The molecule has 0 unspecified atom stereocenters. The molecule has 0 bridgehead atoms. The maximum atomic E-state index is 12.5. The Balaban J connectivity index is 1.48. The van der Waals surface area contributed by atoms with Crippen LogP contribution in [0.25, 0.3) is 0 Å². The number of rotatable bonds is 8. The van der Waals surface area contributed by atoms with E-state index in [4.69, 9.17) is 9.47 Å². The van der Waals surface area contributed by atoms with Gasteiger partial charge < -0.3 is 19.3 Å². The molecule has 1 aromatic heterocycles. The second-order valence-electron chi connectivity index (χ2n) is 7.30. The third-order valence-electron chi connectivity index (χ3n) is 5.35. The molecular weight excluding hydrogens is 400 g/mol. The molecule has 1 fully saturated rings. The summed E-state index contributed by atoms with van der Waals surface area (Å²) in [4.78, 5) is 30.8. The fraction of sp³-hybridized carbons (Fsp3) is 0.478. The Morgan fingerprint density at radius 2 is 1.77 bits per heavy atom. The van der Waals surface area contributed by atoms with Crippen molar-refractivity contribution >= 4 is 28.9 Å². The minimum absolute atomic E-state index is 0.140. The van der Waals surface area contributed by atoms with E-state index in [1.807, 2.05) is 30.3 Å². The molecule has 1 saturated heterocycles. The van der Waals surface area contributed by atoms with Crippen LogP contribution >= 0.6 is 11.3 Å². The van der Waals surface area contributed by atoms with Gasteiger partial charge in [-0.05, 0) is 48.7 Å². The lowest BCUT2D eigenvalue weighted by atomic mass is 10.1. The summed E-state index contributed by atoms with van der Waals surface area (Å²) in [5.41, 5.74) is 2.32. The minimum atomic E-state index is -0.401. The lowest BCUT2D eigenvalue weighted by Gasteiger charge is -2.36. The summed E-state index contributed by atoms with van der Waals surface area (Å²) in [5.74, 6) is 0.286. The van der Waals surface area contributed by atoms with E-state index in [0.29, 0.717) is 18.0 Å². The highest BCUT2D eigenvalue weighted by Crippen LogP contribution is 2.25. The Morgan fingerprint density at radius 1 is 1.07 bits per heavy atom. The molecule has 0 N–H and O–H groups in total. The van der Waals surface area contributed by atoms with E-state index >= 15 is 0 Å². The molecule has 7 heteroatoms. The van der Waals surface area contributed by atoms with E-state index in [1.165, 1.54) is 21.8 Å². The van der Waals surface area contributed by atoms with Crippen LogP contribution in [0.1, 0.15) is 40.4 Å². The zero-order chi connectivity index (χ0) is 21.5. The van der Waals surface area contributed by atoms with Gasteiger partial charge in [0, 0.05) is 36.7 Å². The van der Waals surface area contributed by atoms with E-state index in [9.17, 15) is 9.59 Å². The number of carbonyl (C=O) groups excluding carboxylic acids is 2. The number of ether oxygens (including phenoxy) is 2. The molecule has 1 aliphatic rings. The number of aryl methyl sites for hydroxylation is 2. The molecule has 2 aromatic rings. The number of thiophene rings is 1. The van der Waals surface area contributed by atoms with Gasteiger partial charge in [-0.25, -0.2) is 4.79 Å². The van der Waals surface area contributed by atoms with Crippen molar-refractivity contribution in [3.63, 3.8) is 0 Å². The average molecular weight is 431 g/mol. The first-order chi connectivity index (χ1) is 14.5. The molecule has 3 rings (SSSR count). The number of amides is 1. The van der Waals surface area contributed by atoms with Crippen molar-refractivity contribution in [1.29, 1.82) is 0 Å². The summed E-state index contributed by atoms with van der Waals surface area (Å²) in [6, 6.07) is 9.84. The molecule has 1 aromatic carbocycles. The van der Waals surface area contributed by atoms with Crippen LogP contribution in [-0.2, 0) is 22.4 Å². The Hall–Kier alpha value is -2.54. The van der Waals surface area contributed by atoms with Crippen molar-refractivity contribution in [3.05, 3.63) is 45.6 Å². The normalized spacial score (nSPS) is 14.0. The monoisotopic (exact) mass is 430 g/mol. The van der Waals surface area contributed by atoms with Crippen LogP contribution in [0.3, 0.4) is 0 Å². The van der Waals surface area contributed by atoms with Crippen molar-refractivity contribution in [2.75, 3.05) is 44.8 Å². The van der Waals surface area contributed by atoms with Gasteiger partial charge in [-0.3, -0.25) is 4.79 Å². The molecule has 30 heavy (non-hydrogen) atoms. The molecule has 0 aliphatic carbocycles. The van der Waals surface area contributed by atoms with Crippen LogP contribution in [-0.4, -0.2) is 56.7 Å². The molecule has 1 aliphatic heterocycles.